The number of hydrogen-bond acceptors (Lipinski definition) is 2. The molecule has 0 unspecified atom stereocenters. The van der Waals surface area contributed by atoms with Crippen LogP contribution in [0.25, 0.3) is 10.1 Å². The van der Waals surface area contributed by atoms with Gasteiger partial charge >= 0.3 is 0 Å². The number of rotatable bonds is 1. The summed E-state index contributed by atoms with van der Waals surface area (Å²) in [5.41, 5.74) is 0.803. The molecule has 0 saturated carbocycles. The van der Waals surface area contributed by atoms with Gasteiger partial charge in [-0.25, -0.2) is 0 Å². The summed E-state index contributed by atoms with van der Waals surface area (Å²) in [5.74, 6) is 0. The predicted molar refractivity (Wildman–Crippen MR) is 65.5 cm³/mol. The number of aliphatic hydroxyl groups excluding tert-OH is 1. The van der Waals surface area contributed by atoms with E-state index in [1.807, 2.05) is 17.5 Å². The molecule has 0 spiro atoms. The van der Waals surface area contributed by atoms with Gasteiger partial charge in [0.25, 0.3) is 0 Å². The van der Waals surface area contributed by atoms with Crippen molar-refractivity contribution in [1.82, 2.24) is 0 Å². The molecular weight excluding hydrogens is 319 g/mol. The van der Waals surface area contributed by atoms with E-state index in [0.717, 1.165) is 14.5 Å². The van der Waals surface area contributed by atoms with E-state index in [4.69, 9.17) is 16.7 Å². The predicted octanol–water partition coefficient (Wildman–Crippen LogP) is 3.65. The van der Waals surface area contributed by atoms with E-state index in [1.165, 1.54) is 4.70 Å². The van der Waals surface area contributed by atoms with Gasteiger partial charge in [0.2, 0.25) is 0 Å². The van der Waals surface area contributed by atoms with Crippen LogP contribution in [-0.2, 0) is 6.61 Å². The Morgan fingerprint density at radius 1 is 1.54 bits per heavy atom. The van der Waals surface area contributed by atoms with Crippen LogP contribution in [0.2, 0.25) is 5.02 Å². The molecule has 0 aliphatic rings. The SMILES string of the molecule is OCc1cc(I)c2sccc2c1Cl. The smallest absolute Gasteiger partial charge is 0.0696 e. The summed E-state index contributed by atoms with van der Waals surface area (Å²) < 4.78 is 2.35. The molecule has 1 heterocycles. The largest absolute Gasteiger partial charge is 0.392 e. The fraction of sp³-hybridized carbons (Fsp3) is 0.111. The van der Waals surface area contributed by atoms with Crippen molar-refractivity contribution in [3.63, 3.8) is 0 Å². The fourth-order valence-corrected chi connectivity index (χ4v) is 3.42. The summed E-state index contributed by atoms with van der Waals surface area (Å²) in [6, 6.07) is 3.92. The first-order chi connectivity index (χ1) is 6.24. The van der Waals surface area contributed by atoms with Gasteiger partial charge in [0.05, 0.1) is 11.6 Å². The molecule has 1 aromatic carbocycles. The van der Waals surface area contributed by atoms with Crippen LogP contribution in [0.4, 0.5) is 0 Å². The quantitative estimate of drug-likeness (QED) is 0.794. The molecule has 1 nitrogen and oxygen atoms in total. The number of aliphatic hydroxyl groups is 1. The summed E-state index contributed by atoms with van der Waals surface area (Å²) in [7, 11) is 0. The second kappa shape index (κ2) is 3.73. The molecule has 0 amide bonds. The van der Waals surface area contributed by atoms with Crippen molar-refractivity contribution >= 4 is 55.6 Å². The third kappa shape index (κ3) is 1.58. The minimum Gasteiger partial charge on any atom is -0.392 e. The van der Waals surface area contributed by atoms with Gasteiger partial charge in [-0.15, -0.1) is 11.3 Å². The van der Waals surface area contributed by atoms with Gasteiger partial charge in [0, 0.05) is 13.7 Å². The van der Waals surface area contributed by atoms with Crippen LogP contribution in [-0.4, -0.2) is 5.11 Å². The highest BCUT2D eigenvalue weighted by atomic mass is 127. The van der Waals surface area contributed by atoms with E-state index in [0.29, 0.717) is 5.02 Å². The monoisotopic (exact) mass is 324 g/mol. The molecule has 0 fully saturated rings. The maximum Gasteiger partial charge on any atom is 0.0696 e. The maximum absolute atomic E-state index is 9.06. The third-order valence-corrected chi connectivity index (χ3v) is 4.48. The Balaban J connectivity index is 2.85. The molecule has 0 aliphatic carbocycles. The van der Waals surface area contributed by atoms with E-state index in [9.17, 15) is 0 Å². The van der Waals surface area contributed by atoms with E-state index < -0.39 is 0 Å². The van der Waals surface area contributed by atoms with Crippen molar-refractivity contribution in [3.8, 4) is 0 Å². The van der Waals surface area contributed by atoms with Gasteiger partial charge in [-0.1, -0.05) is 11.6 Å². The molecule has 2 rings (SSSR count). The van der Waals surface area contributed by atoms with Crippen molar-refractivity contribution < 1.29 is 5.11 Å². The van der Waals surface area contributed by atoms with E-state index in [-0.39, 0.29) is 6.61 Å². The van der Waals surface area contributed by atoms with Gasteiger partial charge < -0.3 is 5.11 Å². The maximum atomic E-state index is 9.06. The Morgan fingerprint density at radius 3 is 3.00 bits per heavy atom. The van der Waals surface area contributed by atoms with Gasteiger partial charge in [0.1, 0.15) is 0 Å². The number of fused-ring (bicyclic) bond motifs is 1. The Labute approximate surface area is 98.5 Å². The topological polar surface area (TPSA) is 20.2 Å². The highest BCUT2D eigenvalue weighted by molar-refractivity contribution is 14.1. The Hall–Kier alpha value is 0.160. The average molecular weight is 325 g/mol. The van der Waals surface area contributed by atoms with Crippen molar-refractivity contribution in [1.29, 1.82) is 0 Å². The highest BCUT2D eigenvalue weighted by Crippen LogP contribution is 2.34. The molecule has 2 aromatic rings. The summed E-state index contributed by atoms with van der Waals surface area (Å²) >= 11 is 10.0. The Bertz CT molecular complexity index is 452. The van der Waals surface area contributed by atoms with Crippen LogP contribution in [0.1, 0.15) is 5.56 Å². The lowest BCUT2D eigenvalue weighted by atomic mass is 10.2. The molecule has 0 bridgehead atoms. The molecule has 0 radical (unpaired) electrons. The lowest BCUT2D eigenvalue weighted by Gasteiger charge is -2.03. The molecule has 0 atom stereocenters. The van der Waals surface area contributed by atoms with Crippen molar-refractivity contribution in [3.05, 3.63) is 31.7 Å². The van der Waals surface area contributed by atoms with Crippen LogP contribution >= 0.6 is 45.5 Å². The van der Waals surface area contributed by atoms with Gasteiger partial charge in [-0.05, 0) is 45.7 Å². The second-order valence-electron chi connectivity index (χ2n) is 2.65. The standard InChI is InChI=1S/C9H6ClIOS/c10-8-5(4-12)3-7(11)9-6(8)1-2-13-9/h1-3,12H,4H2. The van der Waals surface area contributed by atoms with Gasteiger partial charge in [-0.3, -0.25) is 0 Å². The molecule has 0 saturated heterocycles. The van der Waals surface area contributed by atoms with Gasteiger partial charge in [0.15, 0.2) is 0 Å². The molecule has 1 N–H and O–H groups in total. The van der Waals surface area contributed by atoms with E-state index >= 15 is 0 Å². The first-order valence-electron chi connectivity index (χ1n) is 3.69. The summed E-state index contributed by atoms with van der Waals surface area (Å²) in [6.07, 6.45) is 0. The minimum absolute atomic E-state index is 0.000617. The van der Waals surface area contributed by atoms with Crippen LogP contribution in [0.15, 0.2) is 17.5 Å². The molecular formula is C9H6ClIOS. The van der Waals surface area contributed by atoms with E-state index in [2.05, 4.69) is 22.6 Å². The lowest BCUT2D eigenvalue weighted by molar-refractivity contribution is 0.282. The van der Waals surface area contributed by atoms with Crippen LogP contribution in [0.3, 0.4) is 0 Å². The van der Waals surface area contributed by atoms with Crippen molar-refractivity contribution in [2.45, 2.75) is 6.61 Å². The first-order valence-corrected chi connectivity index (χ1v) is 6.02. The Kier molecular flexibility index (Phi) is 2.78. The molecule has 68 valence electrons. The normalized spacial score (nSPS) is 11.0. The number of benzene rings is 1. The fourth-order valence-electron chi connectivity index (χ4n) is 1.24. The zero-order chi connectivity index (χ0) is 9.42. The van der Waals surface area contributed by atoms with Crippen molar-refractivity contribution in [2.75, 3.05) is 0 Å². The second-order valence-corrected chi connectivity index (χ2v) is 5.11. The zero-order valence-corrected chi connectivity index (χ0v) is 10.3. The Morgan fingerprint density at radius 2 is 2.31 bits per heavy atom. The van der Waals surface area contributed by atoms with Crippen LogP contribution in [0, 0.1) is 3.57 Å². The molecule has 13 heavy (non-hydrogen) atoms. The third-order valence-electron chi connectivity index (χ3n) is 1.87. The van der Waals surface area contributed by atoms with E-state index in [1.54, 1.807) is 11.3 Å². The average Bonchev–Trinajstić information content (AvgIpc) is 2.60. The summed E-state index contributed by atoms with van der Waals surface area (Å²) in [4.78, 5) is 0. The van der Waals surface area contributed by atoms with Crippen LogP contribution < -0.4 is 0 Å². The molecule has 0 aliphatic heterocycles. The summed E-state index contributed by atoms with van der Waals surface area (Å²) in [5, 5.41) is 12.8. The van der Waals surface area contributed by atoms with Gasteiger partial charge in [-0.2, -0.15) is 0 Å². The minimum atomic E-state index is 0.000617. The van der Waals surface area contributed by atoms with Crippen molar-refractivity contribution in [2.24, 2.45) is 0 Å². The zero-order valence-electron chi connectivity index (χ0n) is 6.55. The highest BCUT2D eigenvalue weighted by Gasteiger charge is 2.09. The molecule has 4 heteroatoms. The number of thiophene rings is 1. The first kappa shape index (κ1) is 9.71. The van der Waals surface area contributed by atoms with Crippen LogP contribution in [0.5, 0.6) is 0 Å². The summed E-state index contributed by atoms with van der Waals surface area (Å²) in [6.45, 7) is 0.000617. The number of halogens is 2. The molecule has 1 aromatic heterocycles. The lowest BCUT2D eigenvalue weighted by Crippen LogP contribution is -1.86. The number of hydrogen-bond donors (Lipinski definition) is 1.